The largest absolute Gasteiger partial charge is 0.322 e. The molecule has 1 amide bonds. The van der Waals surface area contributed by atoms with Crippen LogP contribution in [0.25, 0.3) is 0 Å². The number of amides is 1. The number of nitrogens with one attached hydrogen (secondary N) is 2. The number of hydrogen-bond donors (Lipinski definition) is 2. The highest BCUT2D eigenvalue weighted by atomic mass is 32.2. The molecule has 0 saturated carbocycles. The van der Waals surface area contributed by atoms with Gasteiger partial charge in [0.25, 0.3) is 5.91 Å². The molecule has 2 aromatic rings. The lowest BCUT2D eigenvalue weighted by molar-refractivity contribution is 0.102. The molecule has 0 atom stereocenters. The highest BCUT2D eigenvalue weighted by Gasteiger charge is 2.13. The molecule has 0 bridgehead atoms. The second kappa shape index (κ2) is 7.21. The SMILES string of the molecule is C=CCNS(=O)(=O)c1ccc(NC(=O)c2ccc(C)cc2)cc1. The molecule has 2 N–H and O–H groups in total. The zero-order valence-electron chi connectivity index (χ0n) is 12.7. The molecular weight excluding hydrogens is 312 g/mol. The van der Waals surface area contributed by atoms with E-state index in [0.29, 0.717) is 11.3 Å². The lowest BCUT2D eigenvalue weighted by Gasteiger charge is -2.08. The molecule has 0 saturated heterocycles. The zero-order valence-corrected chi connectivity index (χ0v) is 13.6. The second-order valence-electron chi connectivity index (χ2n) is 4.99. The Bertz CT molecular complexity index is 795. The Hall–Kier alpha value is -2.44. The van der Waals surface area contributed by atoms with Gasteiger partial charge in [0, 0.05) is 17.8 Å². The van der Waals surface area contributed by atoms with E-state index in [0.717, 1.165) is 5.56 Å². The number of hydrogen-bond acceptors (Lipinski definition) is 3. The summed E-state index contributed by atoms with van der Waals surface area (Å²) in [6.07, 6.45) is 1.47. The van der Waals surface area contributed by atoms with E-state index in [1.54, 1.807) is 24.3 Å². The van der Waals surface area contributed by atoms with Crippen molar-refractivity contribution in [3.63, 3.8) is 0 Å². The predicted octanol–water partition coefficient (Wildman–Crippen LogP) is 2.71. The first kappa shape index (κ1) is 16.9. The molecule has 0 aliphatic heterocycles. The van der Waals surface area contributed by atoms with Gasteiger partial charge in [0.1, 0.15) is 0 Å². The van der Waals surface area contributed by atoms with Crippen LogP contribution in [0, 0.1) is 6.92 Å². The minimum absolute atomic E-state index is 0.132. The molecule has 5 nitrogen and oxygen atoms in total. The Morgan fingerprint density at radius 1 is 1.09 bits per heavy atom. The van der Waals surface area contributed by atoms with Crippen LogP contribution in [-0.4, -0.2) is 20.9 Å². The average molecular weight is 330 g/mol. The Balaban J connectivity index is 2.09. The van der Waals surface area contributed by atoms with Gasteiger partial charge in [-0.1, -0.05) is 23.8 Å². The molecule has 0 spiro atoms. The lowest BCUT2D eigenvalue weighted by Crippen LogP contribution is -2.23. The molecule has 0 unspecified atom stereocenters. The van der Waals surface area contributed by atoms with Crippen molar-refractivity contribution in [2.75, 3.05) is 11.9 Å². The van der Waals surface area contributed by atoms with Crippen LogP contribution in [0.1, 0.15) is 15.9 Å². The van der Waals surface area contributed by atoms with Gasteiger partial charge in [-0.15, -0.1) is 6.58 Å². The Morgan fingerprint density at radius 2 is 1.70 bits per heavy atom. The van der Waals surface area contributed by atoms with Gasteiger partial charge < -0.3 is 5.32 Å². The molecule has 0 radical (unpaired) electrons. The minimum atomic E-state index is -3.56. The fourth-order valence-corrected chi connectivity index (χ4v) is 2.88. The quantitative estimate of drug-likeness (QED) is 0.800. The number of benzene rings is 2. The molecule has 0 aliphatic rings. The van der Waals surface area contributed by atoms with Gasteiger partial charge in [-0.2, -0.15) is 0 Å². The van der Waals surface area contributed by atoms with E-state index in [1.165, 1.54) is 18.2 Å². The van der Waals surface area contributed by atoms with Gasteiger partial charge in [-0.3, -0.25) is 4.79 Å². The van der Waals surface area contributed by atoms with Crippen LogP contribution in [-0.2, 0) is 10.0 Å². The number of carbonyl (C=O) groups excluding carboxylic acids is 1. The Morgan fingerprint density at radius 3 is 2.26 bits per heavy atom. The number of rotatable bonds is 6. The molecule has 120 valence electrons. The van der Waals surface area contributed by atoms with Gasteiger partial charge >= 0.3 is 0 Å². The number of carbonyl (C=O) groups is 1. The van der Waals surface area contributed by atoms with E-state index in [1.807, 2.05) is 19.1 Å². The predicted molar refractivity (Wildman–Crippen MR) is 91.0 cm³/mol. The maximum atomic E-state index is 12.1. The summed E-state index contributed by atoms with van der Waals surface area (Å²) in [5.41, 5.74) is 2.14. The number of aryl methyl sites for hydroxylation is 1. The van der Waals surface area contributed by atoms with Crippen molar-refractivity contribution >= 4 is 21.6 Å². The van der Waals surface area contributed by atoms with Gasteiger partial charge in [-0.05, 0) is 43.3 Å². The molecule has 0 heterocycles. The summed E-state index contributed by atoms with van der Waals surface area (Å²) < 4.78 is 26.2. The molecular formula is C17H18N2O3S. The first-order valence-corrected chi connectivity index (χ1v) is 8.49. The summed E-state index contributed by atoms with van der Waals surface area (Å²) in [7, 11) is -3.56. The minimum Gasteiger partial charge on any atom is -0.322 e. The summed E-state index contributed by atoms with van der Waals surface area (Å²) in [5, 5.41) is 2.73. The summed E-state index contributed by atoms with van der Waals surface area (Å²) >= 11 is 0. The normalized spacial score (nSPS) is 11.0. The van der Waals surface area contributed by atoms with Crippen molar-refractivity contribution in [2.45, 2.75) is 11.8 Å². The monoisotopic (exact) mass is 330 g/mol. The smallest absolute Gasteiger partial charge is 0.255 e. The van der Waals surface area contributed by atoms with Crippen LogP contribution in [0.2, 0.25) is 0 Å². The van der Waals surface area contributed by atoms with Crippen LogP contribution in [0.3, 0.4) is 0 Å². The van der Waals surface area contributed by atoms with E-state index in [9.17, 15) is 13.2 Å². The van der Waals surface area contributed by atoms with Crippen molar-refractivity contribution in [2.24, 2.45) is 0 Å². The molecule has 0 aliphatic carbocycles. The van der Waals surface area contributed by atoms with Crippen LogP contribution in [0.5, 0.6) is 0 Å². The van der Waals surface area contributed by atoms with Crippen molar-refractivity contribution in [1.29, 1.82) is 0 Å². The Labute approximate surface area is 136 Å². The molecule has 6 heteroatoms. The van der Waals surface area contributed by atoms with Crippen LogP contribution >= 0.6 is 0 Å². The zero-order chi connectivity index (χ0) is 16.9. The Kier molecular flexibility index (Phi) is 5.31. The second-order valence-corrected chi connectivity index (χ2v) is 6.75. The van der Waals surface area contributed by atoms with E-state index in [4.69, 9.17) is 0 Å². The van der Waals surface area contributed by atoms with Gasteiger partial charge in [0.2, 0.25) is 10.0 Å². The third kappa shape index (κ3) is 4.51. The van der Waals surface area contributed by atoms with Gasteiger partial charge in [-0.25, -0.2) is 13.1 Å². The fourth-order valence-electron chi connectivity index (χ4n) is 1.88. The maximum Gasteiger partial charge on any atom is 0.255 e. The van der Waals surface area contributed by atoms with Crippen molar-refractivity contribution in [1.82, 2.24) is 4.72 Å². The molecule has 2 aromatic carbocycles. The van der Waals surface area contributed by atoms with E-state index in [2.05, 4.69) is 16.6 Å². The number of anilines is 1. The highest BCUT2D eigenvalue weighted by molar-refractivity contribution is 7.89. The summed E-state index contributed by atoms with van der Waals surface area (Å²) in [5.74, 6) is -0.245. The average Bonchev–Trinajstić information content (AvgIpc) is 2.54. The first-order chi connectivity index (χ1) is 10.9. The number of sulfonamides is 1. The lowest BCUT2D eigenvalue weighted by atomic mass is 10.1. The summed E-state index contributed by atoms with van der Waals surface area (Å²) in [6, 6.07) is 13.2. The van der Waals surface area contributed by atoms with E-state index >= 15 is 0 Å². The van der Waals surface area contributed by atoms with Crippen LogP contribution in [0.4, 0.5) is 5.69 Å². The molecule has 23 heavy (non-hydrogen) atoms. The van der Waals surface area contributed by atoms with Gasteiger partial charge in [0.05, 0.1) is 4.90 Å². The van der Waals surface area contributed by atoms with Crippen molar-refractivity contribution in [3.8, 4) is 0 Å². The first-order valence-electron chi connectivity index (χ1n) is 7.01. The van der Waals surface area contributed by atoms with Gasteiger partial charge in [0.15, 0.2) is 0 Å². The van der Waals surface area contributed by atoms with Crippen LogP contribution in [0.15, 0.2) is 66.1 Å². The topological polar surface area (TPSA) is 75.3 Å². The molecule has 0 aromatic heterocycles. The highest BCUT2D eigenvalue weighted by Crippen LogP contribution is 2.15. The fraction of sp³-hybridized carbons (Fsp3) is 0.118. The third-order valence-electron chi connectivity index (χ3n) is 3.15. The maximum absolute atomic E-state index is 12.1. The third-order valence-corrected chi connectivity index (χ3v) is 4.59. The van der Waals surface area contributed by atoms with Crippen molar-refractivity contribution in [3.05, 3.63) is 72.3 Å². The standard InChI is InChI=1S/C17H18N2O3S/c1-3-12-18-23(21,22)16-10-8-15(9-11-16)19-17(20)14-6-4-13(2)5-7-14/h3-11,18H,1,12H2,2H3,(H,19,20). The van der Waals surface area contributed by atoms with Crippen molar-refractivity contribution < 1.29 is 13.2 Å². The summed E-state index contributed by atoms with van der Waals surface area (Å²) in [4.78, 5) is 12.2. The summed E-state index contributed by atoms with van der Waals surface area (Å²) in [6.45, 7) is 5.57. The van der Waals surface area contributed by atoms with E-state index in [-0.39, 0.29) is 17.3 Å². The molecule has 2 rings (SSSR count). The molecule has 0 fully saturated rings. The van der Waals surface area contributed by atoms with E-state index < -0.39 is 10.0 Å². The van der Waals surface area contributed by atoms with Crippen LogP contribution < -0.4 is 10.0 Å².